The van der Waals surface area contributed by atoms with Crippen molar-refractivity contribution in [1.82, 2.24) is 15.4 Å². The first kappa shape index (κ1) is 12.2. The van der Waals surface area contributed by atoms with Crippen molar-refractivity contribution >= 4 is 11.3 Å². The van der Waals surface area contributed by atoms with Gasteiger partial charge in [-0.2, -0.15) is 0 Å². The number of hydrogen-bond donors (Lipinski definition) is 2. The minimum Gasteiger partial charge on any atom is -0.271 e. The van der Waals surface area contributed by atoms with Crippen molar-refractivity contribution in [2.75, 3.05) is 0 Å². The maximum atomic E-state index is 5.56. The summed E-state index contributed by atoms with van der Waals surface area (Å²) in [6, 6.07) is 4.31. The minimum atomic E-state index is 0.265. The van der Waals surface area contributed by atoms with Crippen molar-refractivity contribution in [1.29, 1.82) is 0 Å². The molecule has 17 heavy (non-hydrogen) atoms. The van der Waals surface area contributed by atoms with Gasteiger partial charge in [0.25, 0.3) is 0 Å². The molecule has 0 spiro atoms. The van der Waals surface area contributed by atoms with Crippen molar-refractivity contribution in [3.63, 3.8) is 0 Å². The molecular weight excluding hydrogens is 232 g/mol. The molecule has 0 radical (unpaired) electrons. The summed E-state index contributed by atoms with van der Waals surface area (Å²) in [5.74, 6) is 5.56. The second-order valence-corrected chi connectivity index (χ2v) is 4.87. The molecule has 0 aromatic carbocycles. The summed E-state index contributed by atoms with van der Waals surface area (Å²) >= 11 is 1.67. The van der Waals surface area contributed by atoms with Crippen LogP contribution in [0.1, 0.15) is 17.0 Å². The molecule has 0 saturated carbocycles. The van der Waals surface area contributed by atoms with E-state index in [2.05, 4.69) is 21.5 Å². The number of pyridine rings is 1. The lowest BCUT2D eigenvalue weighted by Crippen LogP contribution is -2.37. The number of hydrazine groups is 1. The van der Waals surface area contributed by atoms with E-state index in [0.29, 0.717) is 0 Å². The zero-order valence-corrected chi connectivity index (χ0v) is 10.4. The van der Waals surface area contributed by atoms with Crippen LogP contribution < -0.4 is 11.3 Å². The fourth-order valence-electron chi connectivity index (χ4n) is 1.70. The lowest BCUT2D eigenvalue weighted by molar-refractivity contribution is 0.490. The summed E-state index contributed by atoms with van der Waals surface area (Å²) in [7, 11) is 0. The molecule has 0 amide bonds. The van der Waals surface area contributed by atoms with Crippen LogP contribution in [0.4, 0.5) is 0 Å². The van der Waals surface area contributed by atoms with E-state index in [0.717, 1.165) is 24.3 Å². The molecular formula is C12H16N4S. The number of nitrogens with zero attached hydrogens (tertiary/aromatic N) is 2. The first-order valence-electron chi connectivity index (χ1n) is 5.62. The van der Waals surface area contributed by atoms with Crippen LogP contribution >= 0.6 is 11.3 Å². The Bertz CT molecular complexity index is 415. The lowest BCUT2D eigenvalue weighted by atomic mass is 10.1. The number of nitrogens with one attached hydrogen (secondary N) is 1. The van der Waals surface area contributed by atoms with Crippen LogP contribution in [0.2, 0.25) is 0 Å². The van der Waals surface area contributed by atoms with Crippen molar-refractivity contribution in [3.8, 4) is 0 Å². The van der Waals surface area contributed by atoms with Crippen molar-refractivity contribution in [2.24, 2.45) is 5.84 Å². The Morgan fingerprint density at radius 3 is 3.00 bits per heavy atom. The zero-order chi connectivity index (χ0) is 11.9. The third-order valence-corrected chi connectivity index (χ3v) is 3.45. The SMILES string of the molecule is NNC(CCc1cccnc1)Cc1nccs1. The molecule has 0 saturated heterocycles. The maximum Gasteiger partial charge on any atom is 0.0940 e. The number of aromatic nitrogens is 2. The highest BCUT2D eigenvalue weighted by atomic mass is 32.1. The highest BCUT2D eigenvalue weighted by Gasteiger charge is 2.09. The van der Waals surface area contributed by atoms with E-state index < -0.39 is 0 Å². The van der Waals surface area contributed by atoms with E-state index in [4.69, 9.17) is 5.84 Å². The molecule has 5 heteroatoms. The third-order valence-electron chi connectivity index (χ3n) is 2.64. The molecule has 2 aromatic heterocycles. The smallest absolute Gasteiger partial charge is 0.0940 e. The second kappa shape index (κ2) is 6.44. The van der Waals surface area contributed by atoms with E-state index in [1.807, 2.05) is 23.8 Å². The molecule has 0 fully saturated rings. The first-order chi connectivity index (χ1) is 8.38. The fourth-order valence-corrected chi connectivity index (χ4v) is 2.39. The number of thiazole rings is 1. The largest absolute Gasteiger partial charge is 0.271 e. The number of aryl methyl sites for hydroxylation is 1. The van der Waals surface area contributed by atoms with Gasteiger partial charge < -0.3 is 0 Å². The second-order valence-electron chi connectivity index (χ2n) is 3.89. The van der Waals surface area contributed by atoms with E-state index in [9.17, 15) is 0 Å². The van der Waals surface area contributed by atoms with Crippen LogP contribution in [0.15, 0.2) is 36.1 Å². The van der Waals surface area contributed by atoms with Gasteiger partial charge in [-0.15, -0.1) is 11.3 Å². The third kappa shape index (κ3) is 3.89. The Morgan fingerprint density at radius 2 is 2.35 bits per heavy atom. The molecule has 3 N–H and O–H groups in total. The molecule has 90 valence electrons. The van der Waals surface area contributed by atoms with Crippen LogP contribution in [-0.2, 0) is 12.8 Å². The topological polar surface area (TPSA) is 63.8 Å². The highest BCUT2D eigenvalue weighted by molar-refractivity contribution is 7.09. The molecule has 2 aromatic rings. The predicted molar refractivity (Wildman–Crippen MR) is 69.5 cm³/mol. The minimum absolute atomic E-state index is 0.265. The Labute approximate surface area is 105 Å². The van der Waals surface area contributed by atoms with Gasteiger partial charge in [0, 0.05) is 36.4 Å². The van der Waals surface area contributed by atoms with Gasteiger partial charge in [-0.1, -0.05) is 6.07 Å². The Hall–Kier alpha value is -1.30. The van der Waals surface area contributed by atoms with E-state index in [1.54, 1.807) is 17.5 Å². The molecule has 0 aliphatic carbocycles. The Morgan fingerprint density at radius 1 is 1.41 bits per heavy atom. The Kier molecular flexibility index (Phi) is 4.61. The van der Waals surface area contributed by atoms with Gasteiger partial charge in [-0.25, -0.2) is 4.98 Å². The average Bonchev–Trinajstić information content (AvgIpc) is 2.88. The van der Waals surface area contributed by atoms with Crippen molar-refractivity contribution < 1.29 is 0 Å². The molecule has 0 bridgehead atoms. The first-order valence-corrected chi connectivity index (χ1v) is 6.50. The van der Waals surface area contributed by atoms with Gasteiger partial charge in [0.2, 0.25) is 0 Å². The molecule has 2 heterocycles. The molecule has 0 aliphatic heterocycles. The van der Waals surface area contributed by atoms with Gasteiger partial charge in [0.1, 0.15) is 0 Å². The van der Waals surface area contributed by atoms with Crippen LogP contribution in [0.5, 0.6) is 0 Å². The number of nitrogens with two attached hydrogens (primary N) is 1. The van der Waals surface area contributed by atoms with Gasteiger partial charge in [0.05, 0.1) is 5.01 Å². The average molecular weight is 248 g/mol. The molecule has 1 unspecified atom stereocenters. The summed E-state index contributed by atoms with van der Waals surface area (Å²) in [6.07, 6.45) is 8.37. The van der Waals surface area contributed by atoms with Gasteiger partial charge >= 0.3 is 0 Å². The van der Waals surface area contributed by atoms with Crippen LogP contribution in [0, 0.1) is 0 Å². The lowest BCUT2D eigenvalue weighted by Gasteiger charge is -2.14. The number of rotatable bonds is 6. The van der Waals surface area contributed by atoms with Crippen LogP contribution in [0.3, 0.4) is 0 Å². The van der Waals surface area contributed by atoms with E-state index in [-0.39, 0.29) is 6.04 Å². The van der Waals surface area contributed by atoms with Crippen molar-refractivity contribution in [2.45, 2.75) is 25.3 Å². The normalized spacial score (nSPS) is 12.5. The summed E-state index contributed by atoms with van der Waals surface area (Å²) in [4.78, 5) is 8.37. The maximum absolute atomic E-state index is 5.56. The standard InChI is InChI=1S/C12H16N4S/c13-16-11(8-12-15-6-7-17-12)4-3-10-2-1-5-14-9-10/h1-2,5-7,9,11,16H,3-4,8,13H2. The van der Waals surface area contributed by atoms with Gasteiger partial charge in [-0.05, 0) is 24.5 Å². The van der Waals surface area contributed by atoms with E-state index in [1.165, 1.54) is 5.56 Å². The number of hydrogen-bond acceptors (Lipinski definition) is 5. The van der Waals surface area contributed by atoms with Crippen molar-refractivity contribution in [3.05, 3.63) is 46.7 Å². The Balaban J connectivity index is 1.84. The summed E-state index contributed by atoms with van der Waals surface area (Å²) < 4.78 is 0. The van der Waals surface area contributed by atoms with E-state index >= 15 is 0 Å². The highest BCUT2D eigenvalue weighted by Crippen LogP contribution is 2.11. The molecule has 4 nitrogen and oxygen atoms in total. The summed E-state index contributed by atoms with van der Waals surface area (Å²) in [5, 5.41) is 3.11. The molecule has 0 aliphatic rings. The van der Waals surface area contributed by atoms with Crippen LogP contribution in [-0.4, -0.2) is 16.0 Å². The summed E-state index contributed by atoms with van der Waals surface area (Å²) in [5.41, 5.74) is 4.10. The predicted octanol–water partition coefficient (Wildman–Crippen LogP) is 1.55. The van der Waals surface area contributed by atoms with Gasteiger partial charge in [-0.3, -0.25) is 16.3 Å². The van der Waals surface area contributed by atoms with Crippen LogP contribution in [0.25, 0.3) is 0 Å². The fraction of sp³-hybridized carbons (Fsp3) is 0.333. The monoisotopic (exact) mass is 248 g/mol. The molecule has 2 rings (SSSR count). The molecule has 1 atom stereocenters. The zero-order valence-electron chi connectivity index (χ0n) is 9.54. The summed E-state index contributed by atoms with van der Waals surface area (Å²) in [6.45, 7) is 0. The van der Waals surface area contributed by atoms with Gasteiger partial charge in [0.15, 0.2) is 0 Å². The quantitative estimate of drug-likeness (QED) is 0.601.